The highest BCUT2D eigenvalue weighted by Crippen LogP contribution is 2.12. The van der Waals surface area contributed by atoms with Crippen molar-refractivity contribution in [3.05, 3.63) is 33.2 Å². The first-order chi connectivity index (χ1) is 7.82. The molecule has 0 spiro atoms. The summed E-state index contributed by atoms with van der Waals surface area (Å²) in [7, 11) is 0. The molecule has 94 valence electrons. The van der Waals surface area contributed by atoms with Crippen molar-refractivity contribution in [2.24, 2.45) is 0 Å². The molecule has 5 heteroatoms. The van der Waals surface area contributed by atoms with E-state index in [1.54, 1.807) is 13.8 Å². The lowest BCUT2D eigenvalue weighted by Gasteiger charge is -2.13. The van der Waals surface area contributed by atoms with Gasteiger partial charge in [-0.25, -0.2) is 4.79 Å². The van der Waals surface area contributed by atoms with Crippen molar-refractivity contribution >= 4 is 17.6 Å². The molecule has 0 amide bonds. The smallest absolute Gasteiger partial charge is 0.344 e. The van der Waals surface area contributed by atoms with Gasteiger partial charge in [-0.2, -0.15) is 0 Å². The first kappa shape index (κ1) is 13.8. The number of rotatable bonds is 3. The molecule has 0 unspecified atom stereocenters. The van der Waals surface area contributed by atoms with E-state index in [9.17, 15) is 9.59 Å². The van der Waals surface area contributed by atoms with E-state index >= 15 is 0 Å². The number of pyridine rings is 1. The molecule has 0 aliphatic heterocycles. The molecule has 0 aliphatic rings. The van der Waals surface area contributed by atoms with E-state index in [0.29, 0.717) is 5.02 Å². The molecule has 0 radical (unpaired) electrons. The Morgan fingerprint density at radius 3 is 2.41 bits per heavy atom. The Morgan fingerprint density at radius 2 is 1.94 bits per heavy atom. The maximum absolute atomic E-state index is 12.0. The molecular formula is C12H16ClNO3. The van der Waals surface area contributed by atoms with Crippen LogP contribution in [-0.2, 0) is 4.74 Å². The van der Waals surface area contributed by atoms with Crippen LogP contribution in [0.15, 0.2) is 17.1 Å². The molecule has 1 aromatic rings. The third kappa shape index (κ3) is 3.33. The number of nitrogens with zero attached hydrogens (tertiary/aromatic N) is 1. The number of carbonyl (C=O) groups excluding carboxylic acids is 1. The SMILES string of the molecule is CC(C)OC(=O)c1cc(Cl)cn(C(C)C)c1=O. The van der Waals surface area contributed by atoms with E-state index < -0.39 is 5.97 Å². The Bertz CT molecular complexity index is 477. The zero-order valence-electron chi connectivity index (χ0n) is 10.4. The molecule has 1 aromatic heterocycles. The van der Waals surface area contributed by atoms with Crippen LogP contribution >= 0.6 is 11.6 Å². The van der Waals surface area contributed by atoms with Gasteiger partial charge in [-0.15, -0.1) is 0 Å². The third-order valence-electron chi connectivity index (χ3n) is 2.13. The summed E-state index contributed by atoms with van der Waals surface area (Å²) < 4.78 is 6.41. The maximum atomic E-state index is 12.0. The quantitative estimate of drug-likeness (QED) is 0.782. The minimum absolute atomic E-state index is 0.0279. The summed E-state index contributed by atoms with van der Waals surface area (Å²) in [5.41, 5.74) is -0.407. The van der Waals surface area contributed by atoms with Gasteiger partial charge in [-0.3, -0.25) is 4.79 Å². The Labute approximate surface area is 105 Å². The minimum atomic E-state index is -0.637. The molecule has 0 fully saturated rings. The Hall–Kier alpha value is -1.29. The predicted octanol–water partition coefficient (Wildman–Crippen LogP) is 2.65. The summed E-state index contributed by atoms with van der Waals surface area (Å²) in [5, 5.41) is 0.342. The van der Waals surface area contributed by atoms with E-state index in [0.717, 1.165) is 0 Å². The Morgan fingerprint density at radius 1 is 1.35 bits per heavy atom. The average Bonchev–Trinajstić information content (AvgIpc) is 2.19. The van der Waals surface area contributed by atoms with E-state index in [4.69, 9.17) is 16.3 Å². The van der Waals surface area contributed by atoms with Crippen LogP contribution in [0, 0.1) is 0 Å². The van der Waals surface area contributed by atoms with Gasteiger partial charge < -0.3 is 9.30 Å². The van der Waals surface area contributed by atoms with Crippen molar-refractivity contribution in [2.45, 2.75) is 39.8 Å². The van der Waals surface area contributed by atoms with Crippen LogP contribution in [0.1, 0.15) is 44.1 Å². The van der Waals surface area contributed by atoms with Gasteiger partial charge in [0.2, 0.25) is 0 Å². The lowest BCUT2D eigenvalue weighted by molar-refractivity contribution is 0.0375. The van der Waals surface area contributed by atoms with Gasteiger partial charge in [0.15, 0.2) is 0 Å². The fourth-order valence-electron chi connectivity index (χ4n) is 1.37. The molecule has 1 rings (SSSR count). The molecule has 0 N–H and O–H groups in total. The number of hydrogen-bond donors (Lipinski definition) is 0. The molecule has 0 bridgehead atoms. The lowest BCUT2D eigenvalue weighted by Crippen LogP contribution is -2.29. The predicted molar refractivity (Wildman–Crippen MR) is 66.6 cm³/mol. The van der Waals surface area contributed by atoms with Crippen LogP contribution in [0.2, 0.25) is 5.02 Å². The molecular weight excluding hydrogens is 242 g/mol. The topological polar surface area (TPSA) is 48.3 Å². The fourth-order valence-corrected chi connectivity index (χ4v) is 1.59. The standard InChI is InChI=1S/C12H16ClNO3/c1-7(2)14-6-9(13)5-10(11(14)15)12(16)17-8(3)4/h5-8H,1-4H3. The van der Waals surface area contributed by atoms with Crippen molar-refractivity contribution in [1.29, 1.82) is 0 Å². The van der Waals surface area contributed by atoms with Gasteiger partial charge in [-0.05, 0) is 33.8 Å². The molecule has 1 heterocycles. The zero-order chi connectivity index (χ0) is 13.2. The van der Waals surface area contributed by atoms with Crippen molar-refractivity contribution in [3.63, 3.8) is 0 Å². The Kier molecular flexibility index (Phi) is 4.34. The number of aromatic nitrogens is 1. The number of carbonyl (C=O) groups is 1. The summed E-state index contributed by atoms with van der Waals surface area (Å²) in [6.07, 6.45) is 1.24. The monoisotopic (exact) mass is 257 g/mol. The van der Waals surface area contributed by atoms with Crippen LogP contribution in [0.25, 0.3) is 0 Å². The summed E-state index contributed by atoms with van der Waals surface area (Å²) in [5.74, 6) is -0.637. The summed E-state index contributed by atoms with van der Waals surface area (Å²) >= 11 is 5.88. The van der Waals surface area contributed by atoms with Crippen molar-refractivity contribution in [1.82, 2.24) is 4.57 Å². The molecule has 0 aromatic carbocycles. The minimum Gasteiger partial charge on any atom is -0.459 e. The largest absolute Gasteiger partial charge is 0.459 e. The van der Waals surface area contributed by atoms with Crippen LogP contribution in [0.5, 0.6) is 0 Å². The van der Waals surface area contributed by atoms with E-state index in [2.05, 4.69) is 0 Å². The third-order valence-corrected chi connectivity index (χ3v) is 2.34. The average molecular weight is 258 g/mol. The summed E-state index contributed by atoms with van der Waals surface area (Å²) in [6.45, 7) is 7.14. The fraction of sp³-hybridized carbons (Fsp3) is 0.500. The van der Waals surface area contributed by atoms with Gasteiger partial charge in [0.05, 0.1) is 11.1 Å². The number of esters is 1. The molecule has 0 saturated heterocycles. The van der Waals surface area contributed by atoms with Crippen LogP contribution in [-0.4, -0.2) is 16.6 Å². The van der Waals surface area contributed by atoms with Gasteiger partial charge in [0.1, 0.15) is 5.56 Å². The second-order valence-electron chi connectivity index (χ2n) is 4.33. The van der Waals surface area contributed by atoms with Gasteiger partial charge in [-0.1, -0.05) is 11.6 Å². The van der Waals surface area contributed by atoms with Gasteiger partial charge in [0.25, 0.3) is 5.56 Å². The molecule has 17 heavy (non-hydrogen) atoms. The normalized spacial score (nSPS) is 11.0. The first-order valence-electron chi connectivity index (χ1n) is 5.45. The van der Waals surface area contributed by atoms with Crippen molar-refractivity contribution < 1.29 is 9.53 Å². The highest BCUT2D eigenvalue weighted by atomic mass is 35.5. The zero-order valence-corrected chi connectivity index (χ0v) is 11.1. The van der Waals surface area contributed by atoms with E-state index in [1.165, 1.54) is 16.8 Å². The van der Waals surface area contributed by atoms with Crippen LogP contribution in [0.3, 0.4) is 0 Å². The second-order valence-corrected chi connectivity index (χ2v) is 4.77. The number of halogens is 1. The van der Waals surface area contributed by atoms with Crippen molar-refractivity contribution in [3.8, 4) is 0 Å². The number of ether oxygens (including phenoxy) is 1. The van der Waals surface area contributed by atoms with Crippen LogP contribution < -0.4 is 5.56 Å². The number of hydrogen-bond acceptors (Lipinski definition) is 3. The Balaban J connectivity index is 3.25. The van der Waals surface area contributed by atoms with E-state index in [-0.39, 0.29) is 23.3 Å². The first-order valence-corrected chi connectivity index (χ1v) is 5.83. The lowest BCUT2D eigenvalue weighted by atomic mass is 10.2. The second kappa shape index (κ2) is 5.36. The highest BCUT2D eigenvalue weighted by molar-refractivity contribution is 6.30. The molecule has 0 atom stereocenters. The summed E-state index contributed by atoms with van der Waals surface area (Å²) in [4.78, 5) is 23.7. The molecule has 0 aliphatic carbocycles. The molecule has 4 nitrogen and oxygen atoms in total. The van der Waals surface area contributed by atoms with Crippen molar-refractivity contribution in [2.75, 3.05) is 0 Å². The van der Waals surface area contributed by atoms with Gasteiger partial charge in [0, 0.05) is 12.2 Å². The maximum Gasteiger partial charge on any atom is 0.344 e. The van der Waals surface area contributed by atoms with Gasteiger partial charge >= 0.3 is 5.97 Å². The highest BCUT2D eigenvalue weighted by Gasteiger charge is 2.17. The van der Waals surface area contributed by atoms with Crippen LogP contribution in [0.4, 0.5) is 0 Å². The summed E-state index contributed by atoms with van der Waals surface area (Å²) in [6, 6.07) is 1.28. The van der Waals surface area contributed by atoms with E-state index in [1.807, 2.05) is 13.8 Å². The molecule has 0 saturated carbocycles.